The summed E-state index contributed by atoms with van der Waals surface area (Å²) in [5.74, 6) is -0.0272. The van der Waals surface area contributed by atoms with Crippen molar-refractivity contribution in [2.45, 2.75) is 75.7 Å². The summed E-state index contributed by atoms with van der Waals surface area (Å²) in [5.41, 5.74) is 1.55. The number of fused-ring (bicyclic) bond motifs is 1. The first kappa shape index (κ1) is 22.6. The minimum Gasteiger partial charge on any atom is -0.408 e. The predicted octanol–water partition coefficient (Wildman–Crippen LogP) is 5.87. The van der Waals surface area contributed by atoms with Crippen LogP contribution in [0.4, 0.5) is 0 Å². The molecule has 174 valence electrons. The molecule has 0 unspecified atom stereocenters. The number of ether oxygens (including phenoxy) is 1. The van der Waals surface area contributed by atoms with Crippen molar-refractivity contribution < 1.29 is 14.0 Å². The molecule has 5 heteroatoms. The van der Waals surface area contributed by atoms with E-state index in [2.05, 4.69) is 87.3 Å². The van der Waals surface area contributed by atoms with Crippen molar-refractivity contribution in [1.82, 2.24) is 4.90 Å². The number of hydrogen-bond donors (Lipinski definition) is 0. The summed E-state index contributed by atoms with van der Waals surface area (Å²) in [6.07, 6.45) is 4.77. The van der Waals surface area contributed by atoms with Crippen LogP contribution in [0.1, 0.15) is 44.4 Å². The Balaban J connectivity index is 1.65. The van der Waals surface area contributed by atoms with Crippen LogP contribution in [-0.4, -0.2) is 36.9 Å². The lowest BCUT2D eigenvalue weighted by Crippen LogP contribution is -2.65. The van der Waals surface area contributed by atoms with Gasteiger partial charge in [0.2, 0.25) is 5.91 Å². The van der Waals surface area contributed by atoms with E-state index in [0.29, 0.717) is 6.54 Å². The molecule has 4 nitrogen and oxygen atoms in total. The maximum atomic E-state index is 14.1. The second-order valence-electron chi connectivity index (χ2n) is 11.3. The Hall–Kier alpha value is -2.21. The van der Waals surface area contributed by atoms with Gasteiger partial charge in [0.25, 0.3) is 0 Å². The fourth-order valence-electron chi connectivity index (χ4n) is 5.35. The lowest BCUT2D eigenvalue weighted by molar-refractivity contribution is -0.173. The first-order valence-corrected chi connectivity index (χ1v) is 15.0. The SMILES string of the molecule is CC(C)(C)[Si](C)(C)O[C@H]1[C@H](c2ccccc2)N(Cc2ccccc2)C(=O)[C@@H]2C[C@H]3C=C[C@]21O3. The number of carbonyl (C=O) groups is 1. The molecular weight excluding hydrogens is 426 g/mol. The molecule has 0 N–H and O–H groups in total. The van der Waals surface area contributed by atoms with Crippen LogP contribution in [0.2, 0.25) is 18.1 Å². The van der Waals surface area contributed by atoms with Crippen LogP contribution in [0.25, 0.3) is 0 Å². The number of benzene rings is 2. The van der Waals surface area contributed by atoms with Crippen molar-refractivity contribution in [3.05, 3.63) is 83.9 Å². The largest absolute Gasteiger partial charge is 0.408 e. The average molecular weight is 462 g/mol. The van der Waals surface area contributed by atoms with Crippen molar-refractivity contribution in [2.24, 2.45) is 5.92 Å². The Morgan fingerprint density at radius 3 is 2.30 bits per heavy atom. The molecule has 3 aliphatic heterocycles. The molecule has 2 saturated heterocycles. The van der Waals surface area contributed by atoms with Crippen LogP contribution in [0, 0.1) is 5.92 Å². The Labute approximate surface area is 198 Å². The number of rotatable bonds is 5. The van der Waals surface area contributed by atoms with Crippen molar-refractivity contribution >= 4 is 14.2 Å². The molecule has 0 saturated carbocycles. The number of likely N-dealkylation sites (tertiary alicyclic amines) is 1. The van der Waals surface area contributed by atoms with E-state index in [1.54, 1.807) is 0 Å². The molecule has 5 rings (SSSR count). The highest BCUT2D eigenvalue weighted by molar-refractivity contribution is 6.74. The second kappa shape index (κ2) is 7.93. The zero-order valence-electron chi connectivity index (χ0n) is 20.3. The molecule has 3 heterocycles. The molecule has 2 fully saturated rings. The molecule has 3 aliphatic rings. The Morgan fingerprint density at radius 2 is 1.70 bits per heavy atom. The fraction of sp³-hybridized carbons (Fsp3) is 0.464. The van der Waals surface area contributed by atoms with Crippen LogP contribution in [0.5, 0.6) is 0 Å². The van der Waals surface area contributed by atoms with Gasteiger partial charge in [0.05, 0.1) is 18.1 Å². The summed E-state index contributed by atoms with van der Waals surface area (Å²) >= 11 is 0. The summed E-state index contributed by atoms with van der Waals surface area (Å²) < 4.78 is 13.8. The van der Waals surface area contributed by atoms with Crippen LogP contribution in [0.3, 0.4) is 0 Å². The summed E-state index contributed by atoms with van der Waals surface area (Å²) in [4.78, 5) is 16.1. The first-order chi connectivity index (χ1) is 15.6. The monoisotopic (exact) mass is 461 g/mol. The number of piperidine rings is 1. The van der Waals surface area contributed by atoms with Gasteiger partial charge in [-0.05, 0) is 35.7 Å². The van der Waals surface area contributed by atoms with Gasteiger partial charge in [-0.2, -0.15) is 0 Å². The highest BCUT2D eigenvalue weighted by atomic mass is 28.4. The van der Waals surface area contributed by atoms with Crippen molar-refractivity contribution in [2.75, 3.05) is 0 Å². The van der Waals surface area contributed by atoms with Crippen molar-refractivity contribution in [3.63, 3.8) is 0 Å². The summed E-state index contributed by atoms with van der Waals surface area (Å²) in [7, 11) is -2.17. The minimum atomic E-state index is -2.17. The zero-order chi connectivity index (χ0) is 23.4. The van der Waals surface area contributed by atoms with Crippen molar-refractivity contribution in [3.8, 4) is 0 Å². The maximum absolute atomic E-state index is 14.1. The molecule has 0 radical (unpaired) electrons. The highest BCUT2D eigenvalue weighted by Crippen LogP contribution is 2.56. The van der Waals surface area contributed by atoms with E-state index in [0.717, 1.165) is 17.5 Å². The van der Waals surface area contributed by atoms with Gasteiger partial charge in [0.1, 0.15) is 11.7 Å². The predicted molar refractivity (Wildman–Crippen MR) is 133 cm³/mol. The summed E-state index contributed by atoms with van der Waals surface area (Å²) in [6.45, 7) is 12.0. The third-order valence-corrected chi connectivity index (χ3v) is 12.6. The number of hydrogen-bond acceptors (Lipinski definition) is 3. The normalized spacial score (nSPS) is 31.2. The van der Waals surface area contributed by atoms with Crippen LogP contribution >= 0.6 is 0 Å². The fourth-order valence-corrected chi connectivity index (χ4v) is 6.65. The van der Waals surface area contributed by atoms with Gasteiger partial charge in [-0.3, -0.25) is 4.79 Å². The Morgan fingerprint density at radius 1 is 1.06 bits per heavy atom. The van der Waals surface area contributed by atoms with E-state index >= 15 is 0 Å². The number of nitrogens with zero attached hydrogens (tertiary/aromatic N) is 1. The van der Waals surface area contributed by atoms with Gasteiger partial charge in [0, 0.05) is 6.54 Å². The highest BCUT2D eigenvalue weighted by Gasteiger charge is 2.66. The third kappa shape index (κ3) is 3.71. The topological polar surface area (TPSA) is 38.8 Å². The molecule has 1 amide bonds. The van der Waals surface area contributed by atoms with E-state index in [-0.39, 0.29) is 35.1 Å². The standard InChI is InChI=1S/C28H35NO3Si/c1-27(2,3)33(4,5)32-25-24(21-14-10-7-11-15-21)29(19-20-12-8-6-9-13-20)26(30)23-18-22-16-17-28(23,25)31-22/h6-17,22-25H,18-19H2,1-5H3/t22-,23+,24+,25+,28+/m1/s1. The van der Waals surface area contributed by atoms with Crippen LogP contribution < -0.4 is 0 Å². The van der Waals surface area contributed by atoms with Gasteiger partial charge in [0.15, 0.2) is 8.32 Å². The quantitative estimate of drug-likeness (QED) is 0.413. The molecule has 2 aromatic rings. The Kier molecular flexibility index (Phi) is 5.43. The van der Waals surface area contributed by atoms with Crippen molar-refractivity contribution in [1.29, 1.82) is 0 Å². The first-order valence-electron chi connectivity index (χ1n) is 12.1. The third-order valence-electron chi connectivity index (χ3n) is 8.15. The van der Waals surface area contributed by atoms with E-state index in [1.165, 1.54) is 0 Å². The number of amides is 1. The molecule has 33 heavy (non-hydrogen) atoms. The molecule has 0 aliphatic carbocycles. The van der Waals surface area contributed by atoms with Gasteiger partial charge in [-0.1, -0.05) is 93.6 Å². The van der Waals surface area contributed by atoms with Gasteiger partial charge < -0.3 is 14.1 Å². The van der Waals surface area contributed by atoms with Gasteiger partial charge in [-0.25, -0.2) is 0 Å². The van der Waals surface area contributed by atoms with Gasteiger partial charge in [-0.15, -0.1) is 0 Å². The smallest absolute Gasteiger partial charge is 0.230 e. The second-order valence-corrected chi connectivity index (χ2v) is 16.0. The summed E-state index contributed by atoms with van der Waals surface area (Å²) in [6, 6.07) is 20.5. The molecule has 5 atom stereocenters. The molecular formula is C28H35NO3Si. The lowest BCUT2D eigenvalue weighted by atomic mass is 9.71. The van der Waals surface area contributed by atoms with E-state index < -0.39 is 13.9 Å². The molecule has 2 bridgehead atoms. The number of carbonyl (C=O) groups excluding carboxylic acids is 1. The summed E-state index contributed by atoms with van der Waals surface area (Å²) in [5, 5.41) is 0.0480. The van der Waals surface area contributed by atoms with Crippen LogP contribution in [-0.2, 0) is 20.5 Å². The lowest BCUT2D eigenvalue weighted by Gasteiger charge is -2.54. The minimum absolute atomic E-state index is 0.00226. The van der Waals surface area contributed by atoms with Crippen LogP contribution in [0.15, 0.2) is 72.8 Å². The van der Waals surface area contributed by atoms with E-state index in [9.17, 15) is 4.79 Å². The molecule has 2 aromatic carbocycles. The van der Waals surface area contributed by atoms with E-state index in [1.807, 2.05) is 24.3 Å². The Bertz CT molecular complexity index is 1050. The van der Waals surface area contributed by atoms with E-state index in [4.69, 9.17) is 9.16 Å². The maximum Gasteiger partial charge on any atom is 0.230 e. The van der Waals surface area contributed by atoms with Gasteiger partial charge >= 0.3 is 0 Å². The molecule has 1 spiro atoms. The molecule has 0 aromatic heterocycles. The average Bonchev–Trinajstić information content (AvgIpc) is 3.37. The zero-order valence-corrected chi connectivity index (χ0v) is 21.3.